The molecule has 0 spiro atoms. The molecular formula is C11H14O5S. The molecule has 1 unspecified atom stereocenters. The summed E-state index contributed by atoms with van der Waals surface area (Å²) in [7, 11) is -4.54. The van der Waals surface area contributed by atoms with E-state index in [-0.39, 0.29) is 5.56 Å². The Kier molecular flexibility index (Phi) is 2.68. The Labute approximate surface area is 99.8 Å². The zero-order valence-corrected chi connectivity index (χ0v) is 10.4. The number of para-hydroxylation sites is 1. The van der Waals surface area contributed by atoms with Gasteiger partial charge in [-0.1, -0.05) is 18.2 Å². The van der Waals surface area contributed by atoms with Gasteiger partial charge in [-0.15, -0.1) is 0 Å². The van der Waals surface area contributed by atoms with Gasteiger partial charge in [0.2, 0.25) is 5.44 Å². The lowest BCUT2D eigenvalue weighted by molar-refractivity contribution is 0.133. The third-order valence-corrected chi connectivity index (χ3v) is 3.49. The van der Waals surface area contributed by atoms with Gasteiger partial charge in [0.1, 0.15) is 11.4 Å². The average Bonchev–Trinajstić information content (AvgIpc) is 2.48. The van der Waals surface area contributed by atoms with Crippen molar-refractivity contribution in [2.45, 2.75) is 31.3 Å². The fraction of sp³-hybridized carbons (Fsp3) is 0.455. The van der Waals surface area contributed by atoms with E-state index >= 15 is 0 Å². The van der Waals surface area contributed by atoms with Crippen LogP contribution >= 0.6 is 0 Å². The van der Waals surface area contributed by atoms with Gasteiger partial charge >= 0.3 is 0 Å². The van der Waals surface area contributed by atoms with E-state index in [9.17, 15) is 13.5 Å². The van der Waals surface area contributed by atoms with Crippen LogP contribution in [-0.2, 0) is 16.5 Å². The Bertz CT molecular complexity index is 547. The second-order valence-corrected chi connectivity index (χ2v) is 6.22. The van der Waals surface area contributed by atoms with E-state index in [4.69, 9.17) is 9.29 Å². The largest absolute Gasteiger partial charge is 0.487 e. The number of rotatable bonds is 2. The van der Waals surface area contributed by atoms with Crippen LogP contribution in [0.5, 0.6) is 5.75 Å². The maximum Gasteiger partial charge on any atom is 0.296 e. The molecule has 1 atom stereocenters. The van der Waals surface area contributed by atoms with Gasteiger partial charge in [-0.25, -0.2) is 0 Å². The second-order valence-electron chi connectivity index (χ2n) is 4.74. The number of hydrogen-bond donors (Lipinski definition) is 2. The molecule has 6 heteroatoms. The smallest absolute Gasteiger partial charge is 0.296 e. The zero-order chi connectivity index (χ0) is 12.8. The topological polar surface area (TPSA) is 83.8 Å². The molecular weight excluding hydrogens is 244 g/mol. The molecule has 1 aliphatic heterocycles. The minimum absolute atomic E-state index is 0.0792. The Morgan fingerprint density at radius 3 is 2.65 bits per heavy atom. The molecule has 0 amide bonds. The summed E-state index contributed by atoms with van der Waals surface area (Å²) >= 11 is 0. The van der Waals surface area contributed by atoms with Crippen molar-refractivity contribution in [1.82, 2.24) is 0 Å². The Hall–Kier alpha value is -1.11. The maximum atomic E-state index is 10.9. The Balaban J connectivity index is 2.50. The number of hydrogen-bond acceptors (Lipinski definition) is 4. The van der Waals surface area contributed by atoms with Crippen LogP contribution in [0.2, 0.25) is 0 Å². The third kappa shape index (κ3) is 2.29. The van der Waals surface area contributed by atoms with E-state index in [1.807, 2.05) is 19.9 Å². The number of benzene rings is 1. The zero-order valence-electron chi connectivity index (χ0n) is 9.54. The van der Waals surface area contributed by atoms with E-state index in [2.05, 4.69) is 0 Å². The van der Waals surface area contributed by atoms with Crippen molar-refractivity contribution < 1.29 is 22.8 Å². The van der Waals surface area contributed by atoms with Gasteiger partial charge in [0.05, 0.1) is 0 Å². The molecule has 2 rings (SSSR count). The van der Waals surface area contributed by atoms with Crippen molar-refractivity contribution in [3.63, 3.8) is 0 Å². The van der Waals surface area contributed by atoms with Gasteiger partial charge in [-0.2, -0.15) is 8.42 Å². The first-order chi connectivity index (χ1) is 7.71. The normalized spacial score (nSPS) is 19.5. The molecule has 2 N–H and O–H groups in total. The standard InChI is InChI=1S/C11H14O5S/c1-11(2)6-7-4-3-5-8(9(7)16-11)10(12)17(13,14)15/h3-5,10,12H,6H2,1-2H3,(H,13,14,15). The van der Waals surface area contributed by atoms with Crippen molar-refractivity contribution in [2.75, 3.05) is 0 Å². The van der Waals surface area contributed by atoms with Gasteiger partial charge < -0.3 is 9.84 Å². The second kappa shape index (κ2) is 3.69. The average molecular weight is 258 g/mol. The summed E-state index contributed by atoms with van der Waals surface area (Å²) in [5.74, 6) is 0.350. The summed E-state index contributed by atoms with van der Waals surface area (Å²) in [5.41, 5.74) is -1.49. The van der Waals surface area contributed by atoms with Crippen molar-refractivity contribution in [3.8, 4) is 5.75 Å². The van der Waals surface area contributed by atoms with Crippen LogP contribution in [0, 0.1) is 0 Å². The molecule has 1 aliphatic rings. The molecule has 0 radical (unpaired) electrons. The van der Waals surface area contributed by atoms with E-state index in [1.54, 1.807) is 6.07 Å². The van der Waals surface area contributed by atoms with Gasteiger partial charge in [-0.3, -0.25) is 4.55 Å². The first-order valence-corrected chi connectivity index (χ1v) is 6.66. The van der Waals surface area contributed by atoms with Crippen LogP contribution in [0.25, 0.3) is 0 Å². The van der Waals surface area contributed by atoms with Crippen LogP contribution in [0.3, 0.4) is 0 Å². The Morgan fingerprint density at radius 2 is 2.06 bits per heavy atom. The molecule has 1 heterocycles. The molecule has 1 aromatic rings. The highest BCUT2D eigenvalue weighted by Crippen LogP contribution is 2.40. The highest BCUT2D eigenvalue weighted by atomic mass is 32.2. The number of fused-ring (bicyclic) bond motifs is 1. The number of aliphatic hydroxyl groups excluding tert-OH is 1. The lowest BCUT2D eigenvalue weighted by Crippen LogP contribution is -2.25. The molecule has 0 aliphatic carbocycles. The van der Waals surface area contributed by atoms with E-state index in [0.717, 1.165) is 5.56 Å². The molecule has 17 heavy (non-hydrogen) atoms. The summed E-state index contributed by atoms with van der Waals surface area (Å²) in [6.45, 7) is 3.74. The van der Waals surface area contributed by atoms with E-state index < -0.39 is 21.2 Å². The van der Waals surface area contributed by atoms with Gasteiger partial charge in [0.15, 0.2) is 0 Å². The summed E-state index contributed by atoms with van der Waals surface area (Å²) in [6, 6.07) is 4.87. The fourth-order valence-electron chi connectivity index (χ4n) is 1.99. The molecule has 0 aromatic heterocycles. The predicted molar refractivity (Wildman–Crippen MR) is 61.4 cm³/mol. The minimum atomic E-state index is -4.54. The first kappa shape index (κ1) is 12.3. The predicted octanol–water partition coefficient (Wildman–Crippen LogP) is 1.28. The quantitative estimate of drug-likeness (QED) is 0.781. The SMILES string of the molecule is CC1(C)Cc2cccc(C(O)S(=O)(=O)O)c2O1. The van der Waals surface area contributed by atoms with Gasteiger partial charge in [0, 0.05) is 12.0 Å². The highest BCUT2D eigenvalue weighted by Gasteiger charge is 2.35. The summed E-state index contributed by atoms with van der Waals surface area (Å²) in [6.07, 6.45) is 0.633. The van der Waals surface area contributed by atoms with Crippen LogP contribution < -0.4 is 4.74 Å². The Morgan fingerprint density at radius 1 is 1.41 bits per heavy atom. The third-order valence-electron chi connectivity index (χ3n) is 2.67. The molecule has 0 fully saturated rings. The summed E-state index contributed by atoms with van der Waals surface area (Å²) in [5, 5.41) is 9.57. The fourth-order valence-corrected chi connectivity index (χ4v) is 2.50. The molecule has 94 valence electrons. The summed E-state index contributed by atoms with van der Waals surface area (Å²) in [4.78, 5) is 0. The lowest BCUT2D eigenvalue weighted by atomic mass is 10.0. The van der Waals surface area contributed by atoms with E-state index in [1.165, 1.54) is 6.07 Å². The maximum absolute atomic E-state index is 10.9. The van der Waals surface area contributed by atoms with Crippen LogP contribution in [0.1, 0.15) is 30.4 Å². The number of aliphatic hydroxyl groups is 1. The molecule has 0 bridgehead atoms. The first-order valence-electron chi connectivity index (χ1n) is 5.16. The lowest BCUT2D eigenvalue weighted by Gasteiger charge is -2.19. The van der Waals surface area contributed by atoms with Crippen LogP contribution in [-0.4, -0.2) is 23.7 Å². The van der Waals surface area contributed by atoms with Crippen molar-refractivity contribution >= 4 is 10.1 Å². The highest BCUT2D eigenvalue weighted by molar-refractivity contribution is 7.85. The van der Waals surface area contributed by atoms with Gasteiger partial charge in [-0.05, 0) is 19.4 Å². The molecule has 5 nitrogen and oxygen atoms in total. The van der Waals surface area contributed by atoms with Crippen LogP contribution in [0.15, 0.2) is 18.2 Å². The summed E-state index contributed by atoms with van der Waals surface area (Å²) < 4.78 is 36.4. The van der Waals surface area contributed by atoms with Crippen molar-refractivity contribution in [3.05, 3.63) is 29.3 Å². The molecule has 0 saturated heterocycles. The molecule has 1 aromatic carbocycles. The van der Waals surface area contributed by atoms with E-state index in [0.29, 0.717) is 12.2 Å². The van der Waals surface area contributed by atoms with Crippen LogP contribution in [0.4, 0.5) is 0 Å². The minimum Gasteiger partial charge on any atom is -0.487 e. The van der Waals surface area contributed by atoms with Gasteiger partial charge in [0.25, 0.3) is 10.1 Å². The number of ether oxygens (including phenoxy) is 1. The van der Waals surface area contributed by atoms with Crippen molar-refractivity contribution in [2.24, 2.45) is 0 Å². The van der Waals surface area contributed by atoms with Crippen molar-refractivity contribution in [1.29, 1.82) is 0 Å². The molecule has 0 saturated carbocycles. The monoisotopic (exact) mass is 258 g/mol.